The smallest absolute Gasteiger partial charge is 0.190 e. The number of rotatable bonds is 0. The molecular formula is C15H15NOS. The van der Waals surface area contributed by atoms with E-state index in [0.717, 1.165) is 24.4 Å². The Kier molecular flexibility index (Phi) is 2.32. The minimum atomic E-state index is 0.166. The Morgan fingerprint density at radius 3 is 3.06 bits per heavy atom. The van der Waals surface area contributed by atoms with Crippen LogP contribution in [0.2, 0.25) is 0 Å². The van der Waals surface area contributed by atoms with E-state index in [9.17, 15) is 4.79 Å². The second-order valence-electron chi connectivity index (χ2n) is 5.25. The fourth-order valence-electron chi connectivity index (χ4n) is 3.29. The first kappa shape index (κ1) is 10.7. The number of carbonyl (C=O) groups is 1. The molecule has 0 radical (unpaired) electrons. The molecule has 3 heterocycles. The van der Waals surface area contributed by atoms with E-state index in [1.807, 2.05) is 0 Å². The van der Waals surface area contributed by atoms with E-state index in [-0.39, 0.29) is 6.04 Å². The molecule has 1 aromatic carbocycles. The molecule has 0 N–H and O–H groups in total. The first-order chi connectivity index (χ1) is 8.84. The molecule has 4 rings (SSSR count). The molecule has 2 nitrogen and oxygen atoms in total. The number of thiophene rings is 1. The number of ketones is 1. The number of hydrogen-bond donors (Lipinski definition) is 0. The Balaban J connectivity index is 1.91. The Morgan fingerprint density at radius 2 is 2.11 bits per heavy atom. The number of carbonyl (C=O) groups excluding carboxylic acids is 1. The maximum Gasteiger partial charge on any atom is 0.190 e. The molecule has 0 amide bonds. The first-order valence-electron chi connectivity index (χ1n) is 6.63. The third kappa shape index (κ3) is 1.41. The van der Waals surface area contributed by atoms with Crippen molar-refractivity contribution < 1.29 is 4.79 Å². The van der Waals surface area contributed by atoms with Crippen LogP contribution in [0.5, 0.6) is 0 Å². The summed E-state index contributed by atoms with van der Waals surface area (Å²) in [4.78, 5) is 16.0. The van der Waals surface area contributed by atoms with Crippen molar-refractivity contribution in [2.24, 2.45) is 0 Å². The summed E-state index contributed by atoms with van der Waals surface area (Å²) in [5.41, 5.74) is 1.28. The molecule has 18 heavy (non-hydrogen) atoms. The van der Waals surface area contributed by atoms with Crippen LogP contribution < -0.4 is 0 Å². The normalized spacial score (nSPS) is 24.0. The maximum atomic E-state index is 12.6. The van der Waals surface area contributed by atoms with Crippen LogP contribution in [0.3, 0.4) is 0 Å². The van der Waals surface area contributed by atoms with E-state index in [4.69, 9.17) is 0 Å². The topological polar surface area (TPSA) is 20.3 Å². The zero-order chi connectivity index (χ0) is 12.1. The van der Waals surface area contributed by atoms with Crippen molar-refractivity contribution in [3.63, 3.8) is 0 Å². The number of nitrogens with zero attached hydrogens (tertiary/aromatic N) is 1. The van der Waals surface area contributed by atoms with E-state index in [2.05, 4.69) is 29.2 Å². The van der Waals surface area contributed by atoms with Crippen LogP contribution in [0, 0.1) is 0 Å². The van der Waals surface area contributed by atoms with Gasteiger partial charge in [-0.1, -0.05) is 24.6 Å². The summed E-state index contributed by atoms with van der Waals surface area (Å²) in [5.74, 6) is 0.372. The standard InChI is InChI=1S/C15H15NOS/c17-14-12-6-3-4-8-16(12)9-11-10-5-1-2-7-13(10)18-15(11)14/h1-2,5,7,12H,3-4,6,8-9H2/t12-/m0/s1. The molecule has 3 heteroatoms. The monoisotopic (exact) mass is 257 g/mol. The first-order valence-corrected chi connectivity index (χ1v) is 7.45. The van der Waals surface area contributed by atoms with Crippen molar-refractivity contribution in [2.75, 3.05) is 6.54 Å². The van der Waals surface area contributed by atoms with Crippen LogP contribution in [0.15, 0.2) is 24.3 Å². The third-order valence-corrected chi connectivity index (χ3v) is 5.43. The summed E-state index contributed by atoms with van der Waals surface area (Å²) in [6.45, 7) is 2.05. The molecule has 2 aromatic rings. The highest BCUT2D eigenvalue weighted by atomic mass is 32.1. The van der Waals surface area contributed by atoms with Gasteiger partial charge in [0.15, 0.2) is 5.78 Å². The van der Waals surface area contributed by atoms with Gasteiger partial charge in [-0.15, -0.1) is 11.3 Å². The summed E-state index contributed by atoms with van der Waals surface area (Å²) in [6, 6.07) is 8.58. The molecule has 1 aromatic heterocycles. The number of Topliss-reactive ketones (excluding diaryl/α,β-unsaturated/α-hetero) is 1. The minimum absolute atomic E-state index is 0.166. The lowest BCUT2D eigenvalue weighted by Crippen LogP contribution is -2.47. The molecule has 1 saturated heterocycles. The van der Waals surface area contributed by atoms with Gasteiger partial charge in [-0.25, -0.2) is 0 Å². The highest BCUT2D eigenvalue weighted by molar-refractivity contribution is 7.21. The number of benzene rings is 1. The Hall–Kier alpha value is -1.19. The fourth-order valence-corrected chi connectivity index (χ4v) is 4.49. The zero-order valence-electron chi connectivity index (χ0n) is 10.2. The van der Waals surface area contributed by atoms with Gasteiger partial charge < -0.3 is 0 Å². The van der Waals surface area contributed by atoms with Gasteiger partial charge in [0.1, 0.15) is 0 Å². The molecule has 92 valence electrons. The predicted molar refractivity (Wildman–Crippen MR) is 74.2 cm³/mol. The summed E-state index contributed by atoms with van der Waals surface area (Å²) >= 11 is 1.69. The van der Waals surface area contributed by atoms with Gasteiger partial charge >= 0.3 is 0 Å². The fraction of sp³-hybridized carbons (Fsp3) is 0.400. The zero-order valence-corrected chi connectivity index (χ0v) is 11.0. The largest absolute Gasteiger partial charge is 0.291 e. The Labute approximate surface area is 110 Å². The van der Waals surface area contributed by atoms with E-state index in [0.29, 0.717) is 5.78 Å². The highest BCUT2D eigenvalue weighted by Crippen LogP contribution is 2.38. The van der Waals surface area contributed by atoms with E-state index >= 15 is 0 Å². The lowest BCUT2D eigenvalue weighted by atomic mass is 9.91. The average molecular weight is 257 g/mol. The summed E-state index contributed by atoms with van der Waals surface area (Å²) in [5, 5.41) is 1.29. The van der Waals surface area contributed by atoms with E-state index in [1.54, 1.807) is 11.3 Å². The molecule has 1 atom stereocenters. The predicted octanol–water partition coefficient (Wildman–Crippen LogP) is 3.45. The van der Waals surface area contributed by atoms with Gasteiger partial charge in [0.05, 0.1) is 10.9 Å². The van der Waals surface area contributed by atoms with Gasteiger partial charge in [0.25, 0.3) is 0 Å². The molecule has 0 saturated carbocycles. The minimum Gasteiger partial charge on any atom is -0.291 e. The molecule has 0 aliphatic carbocycles. The lowest BCUT2D eigenvalue weighted by Gasteiger charge is -2.37. The van der Waals surface area contributed by atoms with E-state index in [1.165, 1.54) is 28.5 Å². The second-order valence-corrected chi connectivity index (χ2v) is 6.30. The van der Waals surface area contributed by atoms with Gasteiger partial charge in [-0.3, -0.25) is 9.69 Å². The maximum absolute atomic E-state index is 12.6. The van der Waals surface area contributed by atoms with Crippen molar-refractivity contribution in [2.45, 2.75) is 31.8 Å². The SMILES string of the molecule is O=C1c2sc3ccccc3c2CN2CCCC[C@@H]12. The van der Waals surface area contributed by atoms with Crippen LogP contribution in [-0.4, -0.2) is 23.3 Å². The second kappa shape index (κ2) is 3.90. The van der Waals surface area contributed by atoms with E-state index < -0.39 is 0 Å². The molecule has 0 unspecified atom stereocenters. The van der Waals surface area contributed by atoms with Gasteiger partial charge in [0, 0.05) is 11.2 Å². The number of hydrogen-bond acceptors (Lipinski definition) is 3. The van der Waals surface area contributed by atoms with Crippen molar-refractivity contribution in [3.8, 4) is 0 Å². The number of fused-ring (bicyclic) bond motifs is 4. The van der Waals surface area contributed by atoms with Crippen LogP contribution in [-0.2, 0) is 6.54 Å². The molecule has 1 fully saturated rings. The lowest BCUT2D eigenvalue weighted by molar-refractivity contribution is 0.0694. The van der Waals surface area contributed by atoms with Crippen LogP contribution in [0.25, 0.3) is 10.1 Å². The van der Waals surface area contributed by atoms with Gasteiger partial charge in [-0.2, -0.15) is 0 Å². The van der Waals surface area contributed by atoms with Crippen molar-refractivity contribution >= 4 is 27.2 Å². The third-order valence-electron chi connectivity index (χ3n) is 4.20. The van der Waals surface area contributed by atoms with Crippen LogP contribution >= 0.6 is 11.3 Å². The van der Waals surface area contributed by atoms with Gasteiger partial charge in [0.2, 0.25) is 0 Å². The highest BCUT2D eigenvalue weighted by Gasteiger charge is 2.36. The van der Waals surface area contributed by atoms with Crippen LogP contribution in [0.1, 0.15) is 34.5 Å². The summed E-state index contributed by atoms with van der Waals surface area (Å²) in [7, 11) is 0. The molecular weight excluding hydrogens is 242 g/mol. The Bertz CT molecular complexity index is 630. The average Bonchev–Trinajstić information content (AvgIpc) is 2.79. The van der Waals surface area contributed by atoms with Crippen molar-refractivity contribution in [1.29, 1.82) is 0 Å². The van der Waals surface area contributed by atoms with Crippen molar-refractivity contribution in [1.82, 2.24) is 4.90 Å². The van der Waals surface area contributed by atoms with Gasteiger partial charge in [-0.05, 0) is 36.4 Å². The number of piperidine rings is 1. The summed E-state index contributed by atoms with van der Waals surface area (Å²) < 4.78 is 1.26. The quantitative estimate of drug-likeness (QED) is 0.720. The molecule has 0 spiro atoms. The summed E-state index contributed by atoms with van der Waals surface area (Å²) in [6.07, 6.45) is 3.49. The molecule has 2 aliphatic heterocycles. The van der Waals surface area contributed by atoms with Crippen molar-refractivity contribution in [3.05, 3.63) is 34.7 Å². The Morgan fingerprint density at radius 1 is 1.22 bits per heavy atom. The molecule has 0 bridgehead atoms. The molecule has 2 aliphatic rings. The van der Waals surface area contributed by atoms with Crippen LogP contribution in [0.4, 0.5) is 0 Å².